The molecule has 62 valence electrons. The van der Waals surface area contributed by atoms with Gasteiger partial charge in [-0.05, 0) is 17.9 Å². The molecule has 2 nitrogen and oxygen atoms in total. The van der Waals surface area contributed by atoms with E-state index in [2.05, 4.69) is 22.3 Å². The summed E-state index contributed by atoms with van der Waals surface area (Å²) in [4.78, 5) is 8.45. The van der Waals surface area contributed by atoms with Gasteiger partial charge in [-0.3, -0.25) is 0 Å². The number of nitrogens with zero attached hydrogens (tertiary/aromatic N) is 2. The van der Waals surface area contributed by atoms with Crippen LogP contribution < -0.4 is 0 Å². The van der Waals surface area contributed by atoms with Gasteiger partial charge >= 0.3 is 0 Å². The molecule has 0 saturated heterocycles. The molecule has 0 N–H and O–H groups in total. The Bertz CT molecular complexity index is 381. The maximum atomic E-state index is 4.27. The summed E-state index contributed by atoms with van der Waals surface area (Å²) in [6.45, 7) is 2.17. The number of hydrogen-bond donors (Lipinski definition) is 0. The van der Waals surface area contributed by atoms with Crippen molar-refractivity contribution in [1.29, 1.82) is 0 Å². The van der Waals surface area contributed by atoms with Crippen molar-refractivity contribution < 1.29 is 0 Å². The van der Waals surface area contributed by atoms with E-state index in [-0.39, 0.29) is 0 Å². The third-order valence-corrected chi connectivity index (χ3v) is 2.76. The van der Waals surface area contributed by atoms with E-state index in [4.69, 9.17) is 0 Å². The van der Waals surface area contributed by atoms with Crippen molar-refractivity contribution in [2.75, 3.05) is 0 Å². The topological polar surface area (TPSA) is 25.8 Å². The number of rotatable bonds is 2. The van der Waals surface area contributed by atoms with Crippen LogP contribution in [-0.2, 0) is 6.42 Å². The second-order valence-electron chi connectivity index (χ2n) is 2.71. The molecule has 0 aromatic carbocycles. The first-order valence-corrected chi connectivity index (χ1v) is 4.97. The average molecular weight is 178 g/mol. The Balaban J connectivity index is 2.57. The Kier molecular flexibility index (Phi) is 2.04. The van der Waals surface area contributed by atoms with E-state index >= 15 is 0 Å². The van der Waals surface area contributed by atoms with Gasteiger partial charge in [0.2, 0.25) is 0 Å². The summed E-state index contributed by atoms with van der Waals surface area (Å²) < 4.78 is 1.25. The zero-order chi connectivity index (χ0) is 8.39. The molecule has 2 rings (SSSR count). The molecule has 3 heteroatoms. The third kappa shape index (κ3) is 1.20. The van der Waals surface area contributed by atoms with Crippen molar-refractivity contribution in [2.45, 2.75) is 19.8 Å². The minimum absolute atomic E-state index is 1.06. The van der Waals surface area contributed by atoms with Gasteiger partial charge in [0.25, 0.3) is 0 Å². The maximum absolute atomic E-state index is 4.27. The van der Waals surface area contributed by atoms with Crippen LogP contribution in [0.1, 0.15) is 19.0 Å². The van der Waals surface area contributed by atoms with E-state index in [1.165, 1.54) is 10.4 Å². The molecular weight excluding hydrogens is 168 g/mol. The second kappa shape index (κ2) is 3.19. The van der Waals surface area contributed by atoms with Crippen molar-refractivity contribution in [2.24, 2.45) is 0 Å². The van der Waals surface area contributed by atoms with Crippen LogP contribution in [0.3, 0.4) is 0 Å². The predicted octanol–water partition coefficient (Wildman–Crippen LogP) is 2.64. The normalized spacial score (nSPS) is 10.8. The highest BCUT2D eigenvalue weighted by Gasteiger charge is 2.02. The van der Waals surface area contributed by atoms with E-state index in [1.54, 1.807) is 17.7 Å². The lowest BCUT2D eigenvalue weighted by Gasteiger charge is -1.97. The fourth-order valence-electron chi connectivity index (χ4n) is 1.25. The minimum Gasteiger partial charge on any atom is -0.240 e. The number of aromatic nitrogens is 2. The molecule has 0 fully saturated rings. The van der Waals surface area contributed by atoms with Crippen LogP contribution in [0.15, 0.2) is 17.8 Å². The fraction of sp³-hybridized carbons (Fsp3) is 0.333. The summed E-state index contributed by atoms with van der Waals surface area (Å²) in [5.41, 5.74) is 2.27. The number of fused-ring (bicyclic) bond motifs is 1. The number of aryl methyl sites for hydroxylation is 1. The van der Waals surface area contributed by atoms with Crippen LogP contribution in [0.2, 0.25) is 0 Å². The van der Waals surface area contributed by atoms with Crippen molar-refractivity contribution in [1.82, 2.24) is 9.97 Å². The van der Waals surface area contributed by atoms with Crippen LogP contribution in [0.4, 0.5) is 0 Å². The lowest BCUT2D eigenvalue weighted by molar-refractivity contribution is 0.888. The molecule has 0 aliphatic rings. The van der Waals surface area contributed by atoms with Gasteiger partial charge in [0.1, 0.15) is 6.33 Å². The molecule has 0 amide bonds. The van der Waals surface area contributed by atoms with Gasteiger partial charge in [-0.1, -0.05) is 13.3 Å². The molecule has 0 aliphatic heterocycles. The highest BCUT2D eigenvalue weighted by atomic mass is 32.1. The molecule has 0 unspecified atom stereocenters. The zero-order valence-electron chi connectivity index (χ0n) is 6.95. The van der Waals surface area contributed by atoms with Crippen molar-refractivity contribution in [3.8, 4) is 0 Å². The first-order valence-electron chi connectivity index (χ1n) is 4.09. The molecule has 2 aromatic rings. The van der Waals surface area contributed by atoms with E-state index in [0.29, 0.717) is 0 Å². The van der Waals surface area contributed by atoms with Crippen molar-refractivity contribution in [3.05, 3.63) is 23.5 Å². The molecule has 0 spiro atoms. The first-order chi connectivity index (χ1) is 5.92. The van der Waals surface area contributed by atoms with Crippen LogP contribution in [0.25, 0.3) is 10.2 Å². The molecule has 2 aromatic heterocycles. The van der Waals surface area contributed by atoms with Gasteiger partial charge in [0, 0.05) is 0 Å². The van der Waals surface area contributed by atoms with Crippen molar-refractivity contribution >= 4 is 21.6 Å². The van der Waals surface area contributed by atoms with Crippen molar-refractivity contribution in [3.63, 3.8) is 0 Å². The molecule has 0 aliphatic carbocycles. The Morgan fingerprint density at radius 3 is 3.17 bits per heavy atom. The molecule has 0 atom stereocenters. The molecule has 12 heavy (non-hydrogen) atoms. The van der Waals surface area contributed by atoms with Gasteiger partial charge in [0.15, 0.2) is 0 Å². The molecule has 0 bridgehead atoms. The standard InChI is InChI=1S/C9H10N2S/c1-2-3-7-9-8(4-5-12-9)11-6-10-7/h4-6H,2-3H2,1H3. The summed E-state index contributed by atoms with van der Waals surface area (Å²) >= 11 is 1.73. The van der Waals surface area contributed by atoms with Gasteiger partial charge in [-0.25, -0.2) is 9.97 Å². The lowest BCUT2D eigenvalue weighted by atomic mass is 10.2. The van der Waals surface area contributed by atoms with Gasteiger partial charge in [-0.2, -0.15) is 0 Å². The van der Waals surface area contributed by atoms with E-state index in [9.17, 15) is 0 Å². The van der Waals surface area contributed by atoms with E-state index in [0.717, 1.165) is 18.4 Å². The SMILES string of the molecule is CCCc1ncnc2ccsc12. The number of thiophene rings is 1. The largest absolute Gasteiger partial charge is 0.240 e. The average Bonchev–Trinajstić information content (AvgIpc) is 2.53. The Hall–Kier alpha value is -0.960. The quantitative estimate of drug-likeness (QED) is 0.706. The van der Waals surface area contributed by atoms with Crippen LogP contribution >= 0.6 is 11.3 Å². The highest BCUT2D eigenvalue weighted by Crippen LogP contribution is 2.21. The third-order valence-electron chi connectivity index (χ3n) is 1.80. The Labute approximate surface area is 75.3 Å². The summed E-state index contributed by atoms with van der Waals surface area (Å²) in [5.74, 6) is 0. The highest BCUT2D eigenvalue weighted by molar-refractivity contribution is 7.17. The predicted molar refractivity (Wildman–Crippen MR) is 51.4 cm³/mol. The van der Waals surface area contributed by atoms with Crippen LogP contribution in [-0.4, -0.2) is 9.97 Å². The fourth-order valence-corrected chi connectivity index (χ4v) is 2.12. The van der Waals surface area contributed by atoms with Gasteiger partial charge in [-0.15, -0.1) is 11.3 Å². The smallest absolute Gasteiger partial charge is 0.116 e. The molecule has 0 saturated carbocycles. The van der Waals surface area contributed by atoms with Gasteiger partial charge < -0.3 is 0 Å². The Morgan fingerprint density at radius 2 is 2.33 bits per heavy atom. The minimum atomic E-state index is 1.06. The summed E-state index contributed by atoms with van der Waals surface area (Å²) in [5, 5.41) is 2.07. The molecule has 2 heterocycles. The lowest BCUT2D eigenvalue weighted by Crippen LogP contribution is -1.89. The van der Waals surface area contributed by atoms with Crippen LogP contribution in [0.5, 0.6) is 0 Å². The van der Waals surface area contributed by atoms with E-state index in [1.807, 2.05) is 6.07 Å². The zero-order valence-corrected chi connectivity index (χ0v) is 7.77. The summed E-state index contributed by atoms with van der Waals surface area (Å²) in [6.07, 6.45) is 3.85. The summed E-state index contributed by atoms with van der Waals surface area (Å²) in [6, 6.07) is 2.04. The summed E-state index contributed by atoms with van der Waals surface area (Å²) in [7, 11) is 0. The maximum Gasteiger partial charge on any atom is 0.116 e. The monoisotopic (exact) mass is 178 g/mol. The number of hydrogen-bond acceptors (Lipinski definition) is 3. The Morgan fingerprint density at radius 1 is 1.42 bits per heavy atom. The molecular formula is C9H10N2S. The second-order valence-corrected chi connectivity index (χ2v) is 3.62. The van der Waals surface area contributed by atoms with Crippen LogP contribution in [0, 0.1) is 0 Å². The van der Waals surface area contributed by atoms with Gasteiger partial charge in [0.05, 0.1) is 15.9 Å². The first kappa shape index (κ1) is 7.68. The molecule has 0 radical (unpaired) electrons. The van der Waals surface area contributed by atoms with E-state index < -0.39 is 0 Å².